The van der Waals surface area contributed by atoms with E-state index in [0.29, 0.717) is 0 Å². The summed E-state index contributed by atoms with van der Waals surface area (Å²) in [6.07, 6.45) is 0. The average molecular weight is 392 g/mol. The molecule has 0 N–H and O–H groups in total. The van der Waals surface area contributed by atoms with Crippen molar-refractivity contribution >= 4 is 43.2 Å². The number of benzene rings is 1. The molecule has 1 unspecified atom stereocenters. The molecule has 0 spiro atoms. The fourth-order valence-electron chi connectivity index (χ4n) is 1.60. The van der Waals surface area contributed by atoms with Crippen molar-refractivity contribution in [3.05, 3.63) is 44.6 Å². The van der Waals surface area contributed by atoms with Gasteiger partial charge in [0.05, 0.1) is 22.8 Å². The van der Waals surface area contributed by atoms with Crippen LogP contribution in [0.1, 0.15) is 15.3 Å². The zero-order valence-electron chi connectivity index (χ0n) is 9.94. The van der Waals surface area contributed by atoms with E-state index >= 15 is 0 Å². The molecule has 0 saturated carbocycles. The van der Waals surface area contributed by atoms with Gasteiger partial charge in [0.15, 0.2) is 0 Å². The number of hydrogen-bond donors (Lipinski definition) is 0. The summed E-state index contributed by atoms with van der Waals surface area (Å²) in [6.45, 7) is 0. The normalized spacial score (nSPS) is 12.2. The Bertz CT molecular complexity index is 517. The van der Waals surface area contributed by atoms with Gasteiger partial charge in [-0.3, -0.25) is 0 Å². The summed E-state index contributed by atoms with van der Waals surface area (Å²) < 4.78 is 11.7. The number of halogens is 2. The summed E-state index contributed by atoms with van der Waals surface area (Å²) in [5.41, 5.74) is 1.11. The Hall–Kier alpha value is -0.520. The predicted molar refractivity (Wildman–Crippen MR) is 82.3 cm³/mol. The number of alkyl halides is 1. The third-order valence-electron chi connectivity index (χ3n) is 2.51. The first-order valence-corrected chi connectivity index (χ1v) is 7.79. The quantitative estimate of drug-likeness (QED) is 0.681. The van der Waals surface area contributed by atoms with Crippen LogP contribution in [0.2, 0.25) is 0 Å². The Balaban J connectivity index is 2.37. The maximum Gasteiger partial charge on any atom is 0.122 e. The molecule has 1 aromatic carbocycles. The van der Waals surface area contributed by atoms with Crippen LogP contribution < -0.4 is 9.47 Å². The lowest BCUT2D eigenvalue weighted by atomic mass is 10.1. The lowest BCUT2D eigenvalue weighted by Crippen LogP contribution is -1.94. The Morgan fingerprint density at radius 1 is 1.06 bits per heavy atom. The first-order chi connectivity index (χ1) is 8.63. The van der Waals surface area contributed by atoms with E-state index < -0.39 is 0 Å². The molecule has 1 atom stereocenters. The largest absolute Gasteiger partial charge is 0.497 e. The minimum atomic E-state index is 0.137. The molecule has 2 nitrogen and oxygen atoms in total. The molecule has 0 aliphatic rings. The third-order valence-corrected chi connectivity index (χ3v) is 5.52. The molecular formula is C13H12Br2O2S. The van der Waals surface area contributed by atoms with E-state index in [-0.39, 0.29) is 4.83 Å². The van der Waals surface area contributed by atoms with Crippen LogP contribution in [0.15, 0.2) is 34.1 Å². The molecule has 2 aromatic rings. The van der Waals surface area contributed by atoms with Gasteiger partial charge in [-0.15, -0.1) is 11.3 Å². The molecule has 0 amide bonds. The van der Waals surface area contributed by atoms with Crippen molar-refractivity contribution in [3.8, 4) is 11.5 Å². The lowest BCUT2D eigenvalue weighted by molar-refractivity contribution is 0.393. The molecule has 0 aliphatic carbocycles. The third kappa shape index (κ3) is 3.08. The highest BCUT2D eigenvalue weighted by molar-refractivity contribution is 9.11. The van der Waals surface area contributed by atoms with Crippen molar-refractivity contribution in [1.29, 1.82) is 0 Å². The Morgan fingerprint density at radius 2 is 1.67 bits per heavy atom. The van der Waals surface area contributed by atoms with Gasteiger partial charge >= 0.3 is 0 Å². The van der Waals surface area contributed by atoms with Crippen LogP contribution in [0, 0.1) is 0 Å². The Kier molecular flexibility index (Phi) is 4.70. The van der Waals surface area contributed by atoms with Gasteiger partial charge in [-0.1, -0.05) is 15.9 Å². The second-order valence-electron chi connectivity index (χ2n) is 3.65. The molecule has 0 saturated heterocycles. The summed E-state index contributed by atoms with van der Waals surface area (Å²) in [6, 6.07) is 10.0. The SMILES string of the molecule is COc1cc(OC)cc(C(Br)c2ccc(Br)s2)c1. The lowest BCUT2D eigenvalue weighted by Gasteiger charge is -2.12. The highest BCUT2D eigenvalue weighted by Crippen LogP contribution is 2.39. The maximum absolute atomic E-state index is 5.28. The monoisotopic (exact) mass is 390 g/mol. The molecule has 0 bridgehead atoms. The van der Waals surface area contributed by atoms with E-state index in [9.17, 15) is 0 Å². The molecular weight excluding hydrogens is 380 g/mol. The topological polar surface area (TPSA) is 18.5 Å². The number of thiophene rings is 1. The van der Waals surface area contributed by atoms with Crippen molar-refractivity contribution in [3.63, 3.8) is 0 Å². The van der Waals surface area contributed by atoms with E-state index in [1.54, 1.807) is 25.6 Å². The fourth-order valence-corrected chi connectivity index (χ4v) is 3.73. The summed E-state index contributed by atoms with van der Waals surface area (Å²) in [5.74, 6) is 1.59. The summed E-state index contributed by atoms with van der Waals surface area (Å²) >= 11 is 8.90. The van der Waals surface area contributed by atoms with E-state index in [0.717, 1.165) is 20.8 Å². The van der Waals surface area contributed by atoms with Crippen molar-refractivity contribution in [2.75, 3.05) is 14.2 Å². The second-order valence-corrected chi connectivity index (χ2v) is 7.06. The highest BCUT2D eigenvalue weighted by atomic mass is 79.9. The van der Waals surface area contributed by atoms with Gasteiger partial charge in [-0.25, -0.2) is 0 Å². The average Bonchev–Trinajstić information content (AvgIpc) is 2.83. The standard InChI is InChI=1S/C13H12Br2O2S/c1-16-9-5-8(6-10(7-9)17-2)13(15)11-3-4-12(14)18-11/h3-7,13H,1-2H3. The van der Waals surface area contributed by atoms with Crippen molar-refractivity contribution in [2.45, 2.75) is 4.83 Å². The highest BCUT2D eigenvalue weighted by Gasteiger charge is 2.14. The van der Waals surface area contributed by atoms with Crippen LogP contribution in [0.4, 0.5) is 0 Å². The molecule has 5 heteroatoms. The summed E-state index contributed by atoms with van der Waals surface area (Å²) in [4.78, 5) is 1.37. The van der Waals surface area contributed by atoms with Gasteiger partial charge in [-0.05, 0) is 45.8 Å². The Labute approximate surface area is 127 Å². The van der Waals surface area contributed by atoms with E-state index in [4.69, 9.17) is 9.47 Å². The van der Waals surface area contributed by atoms with Crippen LogP contribution >= 0.6 is 43.2 Å². The number of methoxy groups -OCH3 is 2. The summed E-state index contributed by atoms with van der Waals surface area (Å²) in [5, 5.41) is 0. The molecule has 18 heavy (non-hydrogen) atoms. The summed E-state index contributed by atoms with van der Waals surface area (Å²) in [7, 11) is 3.31. The van der Waals surface area contributed by atoms with Crippen molar-refractivity contribution in [2.24, 2.45) is 0 Å². The second kappa shape index (κ2) is 6.08. The Morgan fingerprint density at radius 3 is 2.11 bits per heavy atom. The van der Waals surface area contributed by atoms with Crippen LogP contribution in [0.25, 0.3) is 0 Å². The van der Waals surface area contributed by atoms with Crippen molar-refractivity contribution in [1.82, 2.24) is 0 Å². The minimum absolute atomic E-state index is 0.137. The number of rotatable bonds is 4. The molecule has 0 fully saturated rings. The van der Waals surface area contributed by atoms with Gasteiger partial charge in [-0.2, -0.15) is 0 Å². The fraction of sp³-hybridized carbons (Fsp3) is 0.231. The first-order valence-electron chi connectivity index (χ1n) is 5.26. The molecule has 0 radical (unpaired) electrons. The molecule has 1 heterocycles. The smallest absolute Gasteiger partial charge is 0.122 e. The van der Waals surface area contributed by atoms with Crippen molar-refractivity contribution < 1.29 is 9.47 Å². The van der Waals surface area contributed by atoms with Gasteiger partial charge in [0.1, 0.15) is 11.5 Å². The van der Waals surface area contributed by atoms with E-state index in [1.807, 2.05) is 24.3 Å². The van der Waals surface area contributed by atoms with Gasteiger partial charge in [0.25, 0.3) is 0 Å². The molecule has 1 aromatic heterocycles. The molecule has 2 rings (SSSR count). The van der Waals surface area contributed by atoms with Crippen LogP contribution in [-0.2, 0) is 0 Å². The first kappa shape index (κ1) is 13.9. The molecule has 96 valence electrons. The van der Waals surface area contributed by atoms with Crippen LogP contribution in [0.5, 0.6) is 11.5 Å². The van der Waals surface area contributed by atoms with Gasteiger partial charge < -0.3 is 9.47 Å². The van der Waals surface area contributed by atoms with Crippen LogP contribution in [0.3, 0.4) is 0 Å². The number of hydrogen-bond acceptors (Lipinski definition) is 3. The predicted octanol–water partition coefficient (Wildman–Crippen LogP) is 5.01. The number of ether oxygens (including phenoxy) is 2. The zero-order valence-corrected chi connectivity index (χ0v) is 13.9. The maximum atomic E-state index is 5.28. The van der Waals surface area contributed by atoms with Crippen LogP contribution in [-0.4, -0.2) is 14.2 Å². The van der Waals surface area contributed by atoms with E-state index in [1.165, 1.54) is 4.88 Å². The zero-order chi connectivity index (χ0) is 13.1. The molecule has 0 aliphatic heterocycles. The van der Waals surface area contributed by atoms with E-state index in [2.05, 4.69) is 37.9 Å². The minimum Gasteiger partial charge on any atom is -0.497 e. The van der Waals surface area contributed by atoms with Gasteiger partial charge in [0, 0.05) is 10.9 Å². The van der Waals surface area contributed by atoms with Gasteiger partial charge in [0.2, 0.25) is 0 Å².